The smallest absolute Gasteiger partial charge is 0.264 e. The third-order valence-corrected chi connectivity index (χ3v) is 9.08. The molecule has 0 bridgehead atoms. The minimum absolute atomic E-state index is 0.0227. The normalized spacial score (nSPS) is 11.9. The van der Waals surface area contributed by atoms with Crippen LogP contribution in [0.5, 0.6) is 0 Å². The number of hydrogen-bond acceptors (Lipinski definition) is 4. The number of rotatable bonds is 13. The SMILES string of the molecule is CCCNC(=O)[C@@H](Cc1ccccc1)N(Cc1cccc(C)c1)C(=O)CN(c1ccccc1Cl)S(=O)(=O)c1ccccc1. The first-order chi connectivity index (χ1) is 20.7. The van der Waals surface area contributed by atoms with Crippen molar-refractivity contribution in [3.8, 4) is 0 Å². The summed E-state index contributed by atoms with van der Waals surface area (Å²) in [6, 6.07) is 30.7. The van der Waals surface area contributed by atoms with E-state index in [-0.39, 0.29) is 34.5 Å². The number of amides is 2. The summed E-state index contributed by atoms with van der Waals surface area (Å²) in [5.41, 5.74) is 2.88. The van der Waals surface area contributed by atoms with E-state index in [1.165, 1.54) is 17.0 Å². The van der Waals surface area contributed by atoms with E-state index >= 15 is 0 Å². The number of halogens is 1. The van der Waals surface area contributed by atoms with Crippen LogP contribution in [0, 0.1) is 6.92 Å². The number of nitrogens with zero attached hydrogens (tertiary/aromatic N) is 2. The van der Waals surface area contributed by atoms with Crippen LogP contribution >= 0.6 is 11.6 Å². The molecule has 43 heavy (non-hydrogen) atoms. The van der Waals surface area contributed by atoms with Crippen LogP contribution in [0.1, 0.15) is 30.0 Å². The standard InChI is InChI=1S/C34H36ClN3O4S/c1-3-21-36-34(40)32(23-27-14-6-4-7-15-27)37(24-28-16-12-13-26(2)22-28)33(39)25-38(31-20-11-10-19-30(31)35)43(41,42)29-17-8-5-9-18-29/h4-20,22,32H,3,21,23-25H2,1-2H3,(H,36,40)/t32-/m1/s1. The first-order valence-corrected chi connectivity index (χ1v) is 16.0. The van der Waals surface area contributed by atoms with Crippen molar-refractivity contribution in [2.75, 3.05) is 17.4 Å². The van der Waals surface area contributed by atoms with Gasteiger partial charge in [0.05, 0.1) is 15.6 Å². The zero-order chi connectivity index (χ0) is 30.8. The van der Waals surface area contributed by atoms with Gasteiger partial charge in [0.1, 0.15) is 12.6 Å². The lowest BCUT2D eigenvalue weighted by atomic mass is 10.0. The maximum atomic E-state index is 14.4. The van der Waals surface area contributed by atoms with E-state index < -0.39 is 28.5 Å². The summed E-state index contributed by atoms with van der Waals surface area (Å²) in [6.45, 7) is 3.91. The molecule has 0 aliphatic rings. The van der Waals surface area contributed by atoms with Gasteiger partial charge in [0, 0.05) is 19.5 Å². The predicted molar refractivity (Wildman–Crippen MR) is 171 cm³/mol. The molecular weight excluding hydrogens is 582 g/mol. The van der Waals surface area contributed by atoms with Gasteiger partial charge in [-0.05, 0) is 48.7 Å². The zero-order valence-electron chi connectivity index (χ0n) is 24.3. The monoisotopic (exact) mass is 617 g/mol. The Labute approximate surface area is 259 Å². The topological polar surface area (TPSA) is 86.8 Å². The van der Waals surface area contributed by atoms with E-state index in [1.54, 1.807) is 42.5 Å². The Bertz CT molecular complexity index is 1630. The highest BCUT2D eigenvalue weighted by Crippen LogP contribution is 2.31. The lowest BCUT2D eigenvalue weighted by Gasteiger charge is -2.34. The van der Waals surface area contributed by atoms with Gasteiger partial charge in [0.15, 0.2) is 0 Å². The average Bonchev–Trinajstić information content (AvgIpc) is 3.01. The number of anilines is 1. The van der Waals surface area contributed by atoms with Crippen LogP contribution < -0.4 is 9.62 Å². The van der Waals surface area contributed by atoms with Crippen molar-refractivity contribution >= 4 is 39.1 Å². The summed E-state index contributed by atoms with van der Waals surface area (Å²) in [7, 11) is -4.20. The largest absolute Gasteiger partial charge is 0.354 e. The summed E-state index contributed by atoms with van der Waals surface area (Å²) in [5.74, 6) is -0.838. The fourth-order valence-electron chi connectivity index (χ4n) is 4.81. The maximum absolute atomic E-state index is 14.4. The van der Waals surface area contributed by atoms with Crippen LogP contribution in [0.25, 0.3) is 0 Å². The molecule has 9 heteroatoms. The lowest BCUT2D eigenvalue weighted by Crippen LogP contribution is -2.53. The molecule has 0 aliphatic carbocycles. The van der Waals surface area contributed by atoms with Gasteiger partial charge in [-0.15, -0.1) is 0 Å². The molecular formula is C34H36ClN3O4S. The molecule has 0 fully saturated rings. The van der Waals surface area contributed by atoms with Crippen molar-refractivity contribution in [3.63, 3.8) is 0 Å². The van der Waals surface area contributed by atoms with Crippen molar-refractivity contribution in [3.05, 3.63) is 131 Å². The van der Waals surface area contributed by atoms with Crippen LogP contribution in [0.15, 0.2) is 114 Å². The van der Waals surface area contributed by atoms with E-state index in [0.29, 0.717) is 6.54 Å². The van der Waals surface area contributed by atoms with Crippen LogP contribution in [0.3, 0.4) is 0 Å². The van der Waals surface area contributed by atoms with Crippen LogP contribution in [0.4, 0.5) is 5.69 Å². The minimum atomic E-state index is -4.20. The predicted octanol–water partition coefficient (Wildman–Crippen LogP) is 6.01. The molecule has 0 radical (unpaired) electrons. The molecule has 0 saturated carbocycles. The molecule has 0 spiro atoms. The highest BCUT2D eigenvalue weighted by Gasteiger charge is 2.35. The van der Waals surface area contributed by atoms with E-state index in [1.807, 2.05) is 68.4 Å². The summed E-state index contributed by atoms with van der Waals surface area (Å²) in [6.07, 6.45) is 0.983. The molecule has 4 aromatic carbocycles. The number of aryl methyl sites for hydroxylation is 1. The molecule has 0 unspecified atom stereocenters. The fraction of sp³-hybridized carbons (Fsp3) is 0.235. The van der Waals surface area contributed by atoms with E-state index in [0.717, 1.165) is 27.4 Å². The van der Waals surface area contributed by atoms with Gasteiger partial charge in [-0.1, -0.05) is 109 Å². The van der Waals surface area contributed by atoms with Gasteiger partial charge in [-0.3, -0.25) is 13.9 Å². The van der Waals surface area contributed by atoms with Crippen molar-refractivity contribution < 1.29 is 18.0 Å². The van der Waals surface area contributed by atoms with Crippen molar-refractivity contribution in [1.29, 1.82) is 0 Å². The fourth-order valence-corrected chi connectivity index (χ4v) is 6.56. The molecule has 1 atom stereocenters. The Hall–Kier alpha value is -4.14. The van der Waals surface area contributed by atoms with Crippen molar-refractivity contribution in [2.45, 2.75) is 44.2 Å². The molecule has 0 saturated heterocycles. The molecule has 0 heterocycles. The number of nitrogens with one attached hydrogen (secondary N) is 1. The van der Waals surface area contributed by atoms with Gasteiger partial charge < -0.3 is 10.2 Å². The van der Waals surface area contributed by atoms with Gasteiger partial charge in [0.2, 0.25) is 11.8 Å². The molecule has 224 valence electrons. The number of hydrogen-bond donors (Lipinski definition) is 1. The van der Waals surface area contributed by atoms with Gasteiger partial charge in [-0.25, -0.2) is 8.42 Å². The second kappa shape index (κ2) is 14.8. The highest BCUT2D eigenvalue weighted by molar-refractivity contribution is 7.92. The summed E-state index contributed by atoms with van der Waals surface area (Å²) >= 11 is 6.51. The second-order valence-electron chi connectivity index (χ2n) is 10.3. The molecule has 2 amide bonds. The first kappa shape index (κ1) is 31.8. The first-order valence-electron chi connectivity index (χ1n) is 14.2. The highest BCUT2D eigenvalue weighted by atomic mass is 35.5. The number of carbonyl (C=O) groups excluding carboxylic acids is 2. The van der Waals surface area contributed by atoms with Crippen molar-refractivity contribution in [1.82, 2.24) is 10.2 Å². The number of benzene rings is 4. The Balaban J connectivity index is 1.80. The Morgan fingerprint density at radius 3 is 2.12 bits per heavy atom. The Morgan fingerprint density at radius 2 is 1.47 bits per heavy atom. The third kappa shape index (κ3) is 8.24. The summed E-state index contributed by atoms with van der Waals surface area (Å²) in [5, 5.41) is 3.13. The molecule has 7 nitrogen and oxygen atoms in total. The molecule has 4 aromatic rings. The van der Waals surface area contributed by atoms with Gasteiger partial charge in [0.25, 0.3) is 10.0 Å². The van der Waals surface area contributed by atoms with Crippen molar-refractivity contribution in [2.24, 2.45) is 0 Å². The van der Waals surface area contributed by atoms with E-state index in [2.05, 4.69) is 5.32 Å². The van der Waals surface area contributed by atoms with Gasteiger partial charge in [-0.2, -0.15) is 0 Å². The summed E-state index contributed by atoms with van der Waals surface area (Å²) < 4.78 is 29.0. The van der Waals surface area contributed by atoms with E-state index in [9.17, 15) is 18.0 Å². The Morgan fingerprint density at radius 1 is 0.837 bits per heavy atom. The number of para-hydroxylation sites is 1. The van der Waals surface area contributed by atoms with Crippen LogP contribution in [0.2, 0.25) is 5.02 Å². The number of sulfonamides is 1. The van der Waals surface area contributed by atoms with Crippen LogP contribution in [-0.2, 0) is 32.6 Å². The molecule has 4 rings (SSSR count). The van der Waals surface area contributed by atoms with Crippen LogP contribution in [-0.4, -0.2) is 44.3 Å². The number of carbonyl (C=O) groups is 2. The van der Waals surface area contributed by atoms with E-state index in [4.69, 9.17) is 11.6 Å². The Kier molecular flexibility index (Phi) is 11.0. The molecule has 0 aliphatic heterocycles. The summed E-state index contributed by atoms with van der Waals surface area (Å²) in [4.78, 5) is 29.6. The molecule has 0 aromatic heterocycles. The quantitative estimate of drug-likeness (QED) is 0.199. The average molecular weight is 618 g/mol. The minimum Gasteiger partial charge on any atom is -0.354 e. The van der Waals surface area contributed by atoms with Gasteiger partial charge >= 0.3 is 0 Å². The third-order valence-electron chi connectivity index (χ3n) is 6.99. The zero-order valence-corrected chi connectivity index (χ0v) is 25.9. The molecule has 1 N–H and O–H groups in total. The maximum Gasteiger partial charge on any atom is 0.264 e. The lowest BCUT2D eigenvalue weighted by molar-refractivity contribution is -0.140. The second-order valence-corrected chi connectivity index (χ2v) is 12.6.